The molecule has 0 amide bonds. The van der Waals surface area contributed by atoms with Gasteiger partial charge in [-0.2, -0.15) is 4.58 Å². The highest BCUT2D eigenvalue weighted by Gasteiger charge is 2.51. The molecular formula is C37H44I2N2O5S. The molecule has 0 bridgehead atoms. The molecule has 0 fully saturated rings. The average Bonchev–Trinajstić information content (AvgIpc) is 3.33. The van der Waals surface area contributed by atoms with Crippen LogP contribution in [0.3, 0.4) is 0 Å². The Labute approximate surface area is 307 Å². The van der Waals surface area contributed by atoms with Gasteiger partial charge < -0.3 is 14.6 Å². The second kappa shape index (κ2) is 15.5. The number of allylic oxidation sites excluding steroid dienone is 8. The first-order chi connectivity index (χ1) is 22.1. The van der Waals surface area contributed by atoms with E-state index in [4.69, 9.17) is 0 Å². The molecule has 2 aromatic carbocycles. The van der Waals surface area contributed by atoms with Crippen molar-refractivity contribution in [1.29, 1.82) is 0 Å². The van der Waals surface area contributed by atoms with Crippen LogP contribution in [0.15, 0.2) is 84.6 Å². The summed E-state index contributed by atoms with van der Waals surface area (Å²) < 4.78 is 37.8. The summed E-state index contributed by atoms with van der Waals surface area (Å²) in [6.45, 7) is 9.17. The Kier molecular flexibility index (Phi) is 12.4. The lowest BCUT2D eigenvalue weighted by atomic mass is 9.69. The van der Waals surface area contributed by atoms with Crippen molar-refractivity contribution in [1.82, 2.24) is 0 Å². The Morgan fingerprint density at radius 3 is 2.40 bits per heavy atom. The van der Waals surface area contributed by atoms with Crippen LogP contribution < -0.4 is 4.90 Å². The maximum Gasteiger partial charge on any atom is 0.307 e. The minimum absolute atomic E-state index is 0.244. The Morgan fingerprint density at radius 2 is 1.72 bits per heavy atom. The third kappa shape index (κ3) is 8.13. The minimum Gasteiger partial charge on any atom is -0.748 e. The number of benzene rings is 2. The van der Waals surface area contributed by atoms with Gasteiger partial charge in [0, 0.05) is 66.4 Å². The van der Waals surface area contributed by atoms with Crippen molar-refractivity contribution in [3.8, 4) is 0 Å². The van der Waals surface area contributed by atoms with E-state index in [2.05, 4.69) is 113 Å². The number of likely N-dealkylation sites (N-methyl/N-ethyl adjacent to an activating group) is 1. The molecule has 2 aromatic rings. The number of para-hydroxylation sites is 1. The summed E-state index contributed by atoms with van der Waals surface area (Å²) in [5, 5.41) is 10.4. The molecule has 0 saturated heterocycles. The minimum atomic E-state index is -4.23. The molecule has 2 aliphatic rings. The van der Waals surface area contributed by atoms with Crippen LogP contribution in [-0.2, 0) is 25.7 Å². The van der Waals surface area contributed by atoms with Crippen LogP contribution in [0.1, 0.15) is 70.9 Å². The Hall–Kier alpha value is -2.29. The zero-order valence-corrected chi connectivity index (χ0v) is 32.8. The molecule has 2 aliphatic heterocycles. The molecule has 0 aliphatic carbocycles. The first kappa shape index (κ1) is 37.5. The second-order valence-corrected chi connectivity index (χ2v) is 16.8. The Morgan fingerprint density at radius 1 is 1.04 bits per heavy atom. The number of unbranched alkanes of at least 4 members (excludes halogenated alkanes) is 2. The number of aliphatic carboxylic acids is 1. The highest BCUT2D eigenvalue weighted by molar-refractivity contribution is 14.1. The van der Waals surface area contributed by atoms with Crippen molar-refractivity contribution in [3.05, 3.63) is 103 Å². The van der Waals surface area contributed by atoms with E-state index in [0.29, 0.717) is 25.8 Å². The first-order valence-corrected chi connectivity index (χ1v) is 19.7. The van der Waals surface area contributed by atoms with Crippen molar-refractivity contribution in [2.75, 3.05) is 24.2 Å². The molecule has 4 rings (SSSR count). The summed E-state index contributed by atoms with van der Waals surface area (Å²) in [5.74, 6) is -1.67. The third-order valence-electron chi connectivity index (χ3n) is 9.43. The zero-order chi connectivity index (χ0) is 34.6. The van der Waals surface area contributed by atoms with E-state index < -0.39 is 27.4 Å². The molecule has 2 unspecified atom stereocenters. The fourth-order valence-corrected chi connectivity index (χ4v) is 10.00. The van der Waals surface area contributed by atoms with Crippen LogP contribution in [0.2, 0.25) is 0 Å². The second-order valence-electron chi connectivity index (χ2n) is 12.9. The van der Waals surface area contributed by atoms with Gasteiger partial charge in [0.1, 0.15) is 6.54 Å². The van der Waals surface area contributed by atoms with Crippen LogP contribution in [0.4, 0.5) is 11.4 Å². The topological polar surface area (TPSA) is 101 Å². The van der Waals surface area contributed by atoms with Gasteiger partial charge in [0.05, 0.1) is 21.5 Å². The fraction of sp³-hybridized carbons (Fsp3) is 0.405. The molecule has 252 valence electrons. The number of rotatable bonds is 14. The van der Waals surface area contributed by atoms with Crippen LogP contribution in [-0.4, -0.2) is 53.7 Å². The Balaban J connectivity index is 1.60. The SMILES string of the molecule is CCCCC(C(=O)O)C1(C)/C(=C/C=C/C=C/C=C/C2=[N+](CCCCS(=O)(=O)[O-])c3ccccc3C2(C)C)N(C)c2cc(I)cc(I)c21. The molecule has 10 heteroatoms. The summed E-state index contributed by atoms with van der Waals surface area (Å²) in [7, 11) is -2.20. The van der Waals surface area contributed by atoms with Crippen molar-refractivity contribution >= 4 is 78.4 Å². The van der Waals surface area contributed by atoms with Crippen molar-refractivity contribution < 1.29 is 27.4 Å². The van der Waals surface area contributed by atoms with Gasteiger partial charge in [0.25, 0.3) is 0 Å². The number of hydrogen-bond donors (Lipinski definition) is 1. The van der Waals surface area contributed by atoms with Crippen molar-refractivity contribution in [2.45, 2.75) is 70.6 Å². The summed E-state index contributed by atoms with van der Waals surface area (Å²) in [6.07, 6.45) is 17.4. The maximum atomic E-state index is 12.7. The molecule has 7 nitrogen and oxygen atoms in total. The van der Waals surface area contributed by atoms with Gasteiger partial charge in [0.15, 0.2) is 5.71 Å². The summed E-state index contributed by atoms with van der Waals surface area (Å²) in [6, 6.07) is 12.5. The molecule has 1 N–H and O–H groups in total. The number of carboxylic acids is 1. The number of halogens is 2. The largest absolute Gasteiger partial charge is 0.748 e. The third-order valence-corrected chi connectivity index (χ3v) is 11.7. The van der Waals surface area contributed by atoms with Gasteiger partial charge in [0.2, 0.25) is 5.69 Å². The number of nitrogens with zero attached hydrogens (tertiary/aromatic N) is 2. The number of hydrogen-bond acceptors (Lipinski definition) is 5. The van der Waals surface area contributed by atoms with E-state index in [1.807, 2.05) is 55.6 Å². The van der Waals surface area contributed by atoms with E-state index in [9.17, 15) is 22.9 Å². The molecule has 0 saturated carbocycles. The zero-order valence-electron chi connectivity index (χ0n) is 27.7. The van der Waals surface area contributed by atoms with E-state index in [1.165, 1.54) is 5.56 Å². The number of carboxylic acid groups (broad SMARTS) is 1. The maximum absolute atomic E-state index is 12.7. The predicted molar refractivity (Wildman–Crippen MR) is 207 cm³/mol. The quantitative estimate of drug-likeness (QED) is 0.0673. The molecule has 0 radical (unpaired) electrons. The average molecular weight is 883 g/mol. The number of carbonyl (C=O) groups is 1. The molecule has 2 atom stereocenters. The van der Waals surface area contributed by atoms with Crippen LogP contribution >= 0.6 is 45.2 Å². The molecule has 2 heterocycles. The van der Waals surface area contributed by atoms with E-state index >= 15 is 0 Å². The monoisotopic (exact) mass is 882 g/mol. The van der Waals surface area contributed by atoms with Gasteiger partial charge in [-0.05, 0) is 97.0 Å². The van der Waals surface area contributed by atoms with Crippen molar-refractivity contribution in [2.24, 2.45) is 5.92 Å². The smallest absolute Gasteiger partial charge is 0.307 e. The molecule has 47 heavy (non-hydrogen) atoms. The molecule has 0 aromatic heterocycles. The van der Waals surface area contributed by atoms with E-state index in [0.717, 1.165) is 48.3 Å². The normalized spacial score (nSPS) is 20.7. The molecule has 0 spiro atoms. The van der Waals surface area contributed by atoms with Gasteiger partial charge in [-0.1, -0.05) is 68.3 Å². The van der Waals surface area contributed by atoms with Crippen LogP contribution in [0.5, 0.6) is 0 Å². The lowest BCUT2D eigenvalue weighted by Gasteiger charge is -2.35. The fourth-order valence-electron chi connectivity index (χ4n) is 7.07. The molecular weight excluding hydrogens is 838 g/mol. The number of anilines is 1. The standard InChI is InChI=1S/C37H44I2N2O5S/c1-6-7-17-28(35(42)43)37(4)33(40(5)31-25-26(38)24-29(39)34(31)37)21-12-10-8-9-11-20-32-36(2,3)27-18-13-14-19-30(27)41(32)22-15-16-23-47(44,45)46/h8-14,18-21,24-25,28H,6-7,15-17,22-23H2,1-5H3,(H-,42,43,44,45,46). The number of fused-ring (bicyclic) bond motifs is 2. The van der Waals surface area contributed by atoms with E-state index in [1.54, 1.807) is 0 Å². The van der Waals surface area contributed by atoms with Gasteiger partial charge >= 0.3 is 5.97 Å². The van der Waals surface area contributed by atoms with Crippen LogP contribution in [0, 0.1) is 13.1 Å². The van der Waals surface area contributed by atoms with Crippen molar-refractivity contribution in [3.63, 3.8) is 0 Å². The summed E-state index contributed by atoms with van der Waals surface area (Å²) in [4.78, 5) is 14.9. The van der Waals surface area contributed by atoms with Gasteiger partial charge in [-0.15, -0.1) is 0 Å². The predicted octanol–water partition coefficient (Wildman–Crippen LogP) is 8.45. The first-order valence-electron chi connectivity index (χ1n) is 16.0. The Bertz CT molecular complexity index is 1770. The lowest BCUT2D eigenvalue weighted by Crippen LogP contribution is -2.39. The highest BCUT2D eigenvalue weighted by atomic mass is 127. The summed E-state index contributed by atoms with van der Waals surface area (Å²) in [5.41, 5.74) is 5.60. The van der Waals surface area contributed by atoms with Gasteiger partial charge in [-0.25, -0.2) is 8.42 Å². The lowest BCUT2D eigenvalue weighted by molar-refractivity contribution is -0.438. The summed E-state index contributed by atoms with van der Waals surface area (Å²) >= 11 is 4.67. The van der Waals surface area contributed by atoms with Gasteiger partial charge in [-0.3, -0.25) is 4.79 Å². The highest BCUT2D eigenvalue weighted by Crippen LogP contribution is 2.54. The van der Waals surface area contributed by atoms with E-state index in [-0.39, 0.29) is 11.2 Å². The van der Waals surface area contributed by atoms with Crippen LogP contribution in [0.25, 0.3) is 0 Å².